The number of hydrogen-bond acceptors (Lipinski definition) is 4. The fraction of sp³-hybridized carbons (Fsp3) is 0. The molecule has 94 valence electrons. The van der Waals surface area contributed by atoms with E-state index in [1.165, 1.54) is 0 Å². The molecule has 0 amide bonds. The van der Waals surface area contributed by atoms with Crippen LogP contribution in [0.25, 0.3) is 22.4 Å². The van der Waals surface area contributed by atoms with E-state index in [1.54, 1.807) is 36.7 Å². The smallest absolute Gasteiger partial charge is 0.347 e. The van der Waals surface area contributed by atoms with Crippen LogP contribution in [0.2, 0.25) is 5.02 Å². The fourth-order valence-corrected chi connectivity index (χ4v) is 2.23. The highest BCUT2D eigenvalue weighted by atomic mass is 79.9. The summed E-state index contributed by atoms with van der Waals surface area (Å²) in [6.07, 6.45) is 3.21. The molecule has 0 saturated heterocycles. The quantitative estimate of drug-likeness (QED) is 0.680. The van der Waals surface area contributed by atoms with Gasteiger partial charge in [-0.3, -0.25) is 4.98 Å². The van der Waals surface area contributed by atoms with Crippen molar-refractivity contribution in [3.05, 3.63) is 56.6 Å². The maximum absolute atomic E-state index is 11.9. The molecule has 4 nitrogen and oxygen atoms in total. The van der Waals surface area contributed by atoms with Crippen molar-refractivity contribution in [3.63, 3.8) is 0 Å². The largest absolute Gasteiger partial charge is 0.403 e. The van der Waals surface area contributed by atoms with Crippen LogP contribution >= 0.6 is 27.5 Å². The van der Waals surface area contributed by atoms with Crippen molar-refractivity contribution >= 4 is 38.4 Å². The lowest BCUT2D eigenvalue weighted by atomic mass is 10.2. The van der Waals surface area contributed by atoms with Crippen LogP contribution < -0.4 is 5.63 Å². The Hall–Kier alpha value is -1.72. The van der Waals surface area contributed by atoms with Crippen LogP contribution in [-0.4, -0.2) is 9.97 Å². The Balaban J connectivity index is 2.28. The Morgan fingerprint density at radius 1 is 1.21 bits per heavy atom. The lowest BCUT2D eigenvalue weighted by molar-refractivity contribution is 0.518. The van der Waals surface area contributed by atoms with Crippen molar-refractivity contribution < 1.29 is 4.42 Å². The van der Waals surface area contributed by atoms with E-state index in [4.69, 9.17) is 16.0 Å². The molecule has 0 N–H and O–H groups in total. The third kappa shape index (κ3) is 2.39. The zero-order chi connectivity index (χ0) is 13.4. The number of aromatic nitrogens is 2. The first-order valence-electron chi connectivity index (χ1n) is 5.35. The fourth-order valence-electron chi connectivity index (χ4n) is 1.70. The number of fused-ring (bicyclic) bond motifs is 1. The van der Waals surface area contributed by atoms with Gasteiger partial charge in [0, 0.05) is 21.9 Å². The SMILES string of the molecule is O=c1oc(-c2cncc(Br)c2)nc2cc(Cl)ccc12. The Kier molecular flexibility index (Phi) is 3.08. The molecule has 1 aromatic carbocycles. The summed E-state index contributed by atoms with van der Waals surface area (Å²) < 4.78 is 5.98. The van der Waals surface area contributed by atoms with Gasteiger partial charge in [-0.25, -0.2) is 9.78 Å². The molecule has 0 saturated carbocycles. The second-order valence-corrected chi connectivity index (χ2v) is 5.21. The molecular formula is C13H6BrClN2O2. The van der Waals surface area contributed by atoms with E-state index in [-0.39, 0.29) is 5.89 Å². The van der Waals surface area contributed by atoms with E-state index < -0.39 is 5.63 Å². The number of halogens is 2. The lowest BCUT2D eigenvalue weighted by Crippen LogP contribution is -2.02. The monoisotopic (exact) mass is 336 g/mol. The van der Waals surface area contributed by atoms with Gasteiger partial charge in [0.05, 0.1) is 16.5 Å². The van der Waals surface area contributed by atoms with Gasteiger partial charge >= 0.3 is 5.63 Å². The molecule has 3 aromatic rings. The predicted molar refractivity (Wildman–Crippen MR) is 76.2 cm³/mol. The van der Waals surface area contributed by atoms with Crippen LogP contribution in [0, 0.1) is 0 Å². The van der Waals surface area contributed by atoms with E-state index >= 15 is 0 Å². The standard InChI is InChI=1S/C13H6BrClN2O2/c14-8-3-7(5-16-6-8)12-17-11-4-9(15)1-2-10(11)13(18)19-12/h1-6H. The second kappa shape index (κ2) is 4.75. The van der Waals surface area contributed by atoms with Crippen molar-refractivity contribution in [2.45, 2.75) is 0 Å². The third-order valence-corrected chi connectivity index (χ3v) is 3.21. The maximum atomic E-state index is 11.9. The Morgan fingerprint density at radius 3 is 2.84 bits per heavy atom. The minimum Gasteiger partial charge on any atom is -0.403 e. The molecule has 19 heavy (non-hydrogen) atoms. The van der Waals surface area contributed by atoms with Gasteiger partial charge in [0.25, 0.3) is 0 Å². The highest BCUT2D eigenvalue weighted by Crippen LogP contribution is 2.22. The molecule has 0 bridgehead atoms. The van der Waals surface area contributed by atoms with Crippen molar-refractivity contribution in [3.8, 4) is 11.5 Å². The summed E-state index contributed by atoms with van der Waals surface area (Å²) in [5.74, 6) is 0.216. The summed E-state index contributed by atoms with van der Waals surface area (Å²) in [6.45, 7) is 0. The molecular weight excluding hydrogens is 332 g/mol. The molecule has 0 fully saturated rings. The Bertz CT molecular complexity index is 832. The molecule has 6 heteroatoms. The third-order valence-electron chi connectivity index (χ3n) is 2.54. The van der Waals surface area contributed by atoms with E-state index in [0.717, 1.165) is 4.47 Å². The Labute approximate surface area is 121 Å². The van der Waals surface area contributed by atoms with Gasteiger partial charge in [-0.1, -0.05) is 11.6 Å². The lowest BCUT2D eigenvalue weighted by Gasteiger charge is -2.02. The van der Waals surface area contributed by atoms with E-state index in [9.17, 15) is 4.79 Å². The van der Waals surface area contributed by atoms with E-state index in [1.807, 2.05) is 0 Å². The summed E-state index contributed by atoms with van der Waals surface area (Å²) in [5, 5.41) is 0.917. The normalized spacial score (nSPS) is 10.8. The molecule has 2 aromatic heterocycles. The highest BCUT2D eigenvalue weighted by Gasteiger charge is 2.09. The maximum Gasteiger partial charge on any atom is 0.347 e. The molecule has 0 atom stereocenters. The molecule has 0 unspecified atom stereocenters. The summed E-state index contributed by atoms with van der Waals surface area (Å²) >= 11 is 9.21. The van der Waals surface area contributed by atoms with Crippen molar-refractivity contribution in [2.75, 3.05) is 0 Å². The molecule has 0 aliphatic rings. The molecule has 0 aliphatic carbocycles. The van der Waals surface area contributed by atoms with Gasteiger partial charge in [-0.15, -0.1) is 0 Å². The number of pyridine rings is 1. The minimum atomic E-state index is -0.448. The van der Waals surface area contributed by atoms with Crippen LogP contribution in [0.5, 0.6) is 0 Å². The van der Waals surface area contributed by atoms with Gasteiger partial charge in [0.1, 0.15) is 0 Å². The molecule has 2 heterocycles. The topological polar surface area (TPSA) is 56.0 Å². The van der Waals surface area contributed by atoms with Crippen LogP contribution in [-0.2, 0) is 0 Å². The first kappa shape index (κ1) is 12.3. The van der Waals surface area contributed by atoms with Crippen molar-refractivity contribution in [1.82, 2.24) is 9.97 Å². The molecule has 0 radical (unpaired) electrons. The second-order valence-electron chi connectivity index (χ2n) is 3.86. The predicted octanol–water partition coefficient (Wildman–Crippen LogP) is 3.67. The van der Waals surface area contributed by atoms with Crippen LogP contribution in [0.4, 0.5) is 0 Å². The zero-order valence-corrected chi connectivity index (χ0v) is 11.8. The summed E-state index contributed by atoms with van der Waals surface area (Å²) in [5.41, 5.74) is 0.670. The van der Waals surface area contributed by atoms with Gasteiger partial charge in [0.2, 0.25) is 5.89 Å². The molecule has 0 aliphatic heterocycles. The van der Waals surface area contributed by atoms with Gasteiger partial charge in [-0.05, 0) is 40.2 Å². The zero-order valence-electron chi connectivity index (χ0n) is 9.43. The van der Waals surface area contributed by atoms with Crippen LogP contribution in [0.3, 0.4) is 0 Å². The summed E-state index contributed by atoms with van der Waals surface area (Å²) in [6, 6.07) is 6.62. The van der Waals surface area contributed by atoms with Gasteiger partial charge in [0.15, 0.2) is 0 Å². The summed E-state index contributed by atoms with van der Waals surface area (Å²) in [4.78, 5) is 20.2. The number of nitrogens with zero attached hydrogens (tertiary/aromatic N) is 2. The average Bonchev–Trinajstić information content (AvgIpc) is 2.38. The minimum absolute atomic E-state index is 0.216. The first-order valence-corrected chi connectivity index (χ1v) is 6.52. The van der Waals surface area contributed by atoms with E-state index in [2.05, 4.69) is 25.9 Å². The van der Waals surface area contributed by atoms with Crippen LogP contribution in [0.15, 0.2) is 50.3 Å². The van der Waals surface area contributed by atoms with E-state index in [0.29, 0.717) is 21.5 Å². The molecule has 0 spiro atoms. The number of rotatable bonds is 1. The van der Waals surface area contributed by atoms with Gasteiger partial charge < -0.3 is 4.42 Å². The first-order chi connectivity index (χ1) is 9.13. The number of hydrogen-bond donors (Lipinski definition) is 0. The number of benzene rings is 1. The van der Waals surface area contributed by atoms with Crippen molar-refractivity contribution in [1.29, 1.82) is 0 Å². The van der Waals surface area contributed by atoms with Crippen molar-refractivity contribution in [2.24, 2.45) is 0 Å². The van der Waals surface area contributed by atoms with Gasteiger partial charge in [-0.2, -0.15) is 0 Å². The van der Waals surface area contributed by atoms with Crippen LogP contribution in [0.1, 0.15) is 0 Å². The summed E-state index contributed by atoms with van der Waals surface area (Å²) in [7, 11) is 0. The Morgan fingerprint density at radius 2 is 2.05 bits per heavy atom. The average molecular weight is 338 g/mol. The highest BCUT2D eigenvalue weighted by molar-refractivity contribution is 9.10. The molecule has 3 rings (SSSR count).